The summed E-state index contributed by atoms with van der Waals surface area (Å²) >= 11 is 0. The van der Waals surface area contributed by atoms with E-state index in [2.05, 4.69) is 12.2 Å². The number of carboxylic acid groups (broad SMARTS) is 1. The van der Waals surface area contributed by atoms with Gasteiger partial charge in [-0.1, -0.05) is 50.1 Å². The summed E-state index contributed by atoms with van der Waals surface area (Å²) in [4.78, 5) is 35.1. The number of aryl methyl sites for hydroxylation is 1. The van der Waals surface area contributed by atoms with Gasteiger partial charge in [0.1, 0.15) is 5.78 Å². The van der Waals surface area contributed by atoms with Crippen molar-refractivity contribution >= 4 is 19.5 Å². The third-order valence-electron chi connectivity index (χ3n) is 6.13. The number of carbonyl (C=O) groups excluding carboxylic acids is 1. The molecule has 1 aliphatic rings. The molecule has 2 unspecified atom stereocenters. The smallest absolute Gasteiger partial charge is 0.351 e. The number of benzene rings is 1. The Bertz CT molecular complexity index is 767. The number of carbonyl (C=O) groups is 2. The summed E-state index contributed by atoms with van der Waals surface area (Å²) in [5, 5.41) is 12.2. The van der Waals surface area contributed by atoms with Gasteiger partial charge in [-0.15, -0.1) is 0 Å². The quantitative estimate of drug-likeness (QED) is 0.256. The molecule has 32 heavy (non-hydrogen) atoms. The van der Waals surface area contributed by atoms with Gasteiger partial charge in [0.05, 0.1) is 0 Å². The van der Waals surface area contributed by atoms with E-state index in [9.17, 15) is 24.2 Å². The molecule has 0 saturated heterocycles. The third kappa shape index (κ3) is 8.66. The maximum absolute atomic E-state index is 13.3. The predicted molar refractivity (Wildman–Crippen MR) is 123 cm³/mol. The normalized spacial score (nSPS) is 22.5. The Hall–Kier alpha value is -1.73. The van der Waals surface area contributed by atoms with Crippen molar-refractivity contribution in [2.75, 3.05) is 6.54 Å². The van der Waals surface area contributed by atoms with E-state index < -0.39 is 25.5 Å². The summed E-state index contributed by atoms with van der Waals surface area (Å²) in [6.45, 7) is 2.54. The molecule has 1 aromatic rings. The summed E-state index contributed by atoms with van der Waals surface area (Å²) in [6.07, 6.45) is 3.58. The van der Waals surface area contributed by atoms with Crippen molar-refractivity contribution in [3.63, 3.8) is 0 Å². The molecule has 9 heteroatoms. The topological polar surface area (TPSA) is 139 Å². The molecule has 0 spiro atoms. The lowest BCUT2D eigenvalue weighted by Gasteiger charge is -2.35. The molecule has 0 heterocycles. The number of aliphatic carboxylic acids is 1. The fraction of sp³-hybridized carbons (Fsp3) is 0.652. The second-order valence-corrected chi connectivity index (χ2v) is 10.7. The van der Waals surface area contributed by atoms with Crippen LogP contribution in [0.5, 0.6) is 0 Å². The van der Waals surface area contributed by atoms with Gasteiger partial charge in [0.2, 0.25) is 5.91 Å². The average Bonchev–Trinajstić information content (AvgIpc) is 2.76. The highest BCUT2D eigenvalue weighted by Gasteiger charge is 2.43. The Kier molecular flexibility index (Phi) is 10.9. The Labute approximate surface area is 190 Å². The van der Waals surface area contributed by atoms with Gasteiger partial charge in [-0.05, 0) is 62.5 Å². The van der Waals surface area contributed by atoms with E-state index >= 15 is 0 Å². The number of carboxylic acids is 1. The van der Waals surface area contributed by atoms with E-state index in [1.54, 1.807) is 0 Å². The molecule has 1 saturated carbocycles. The van der Waals surface area contributed by atoms with Crippen molar-refractivity contribution < 1.29 is 28.7 Å². The molecule has 1 aromatic carbocycles. The van der Waals surface area contributed by atoms with E-state index in [-0.39, 0.29) is 24.7 Å². The van der Waals surface area contributed by atoms with E-state index in [1.807, 2.05) is 30.3 Å². The van der Waals surface area contributed by atoms with Crippen LogP contribution in [0.4, 0.5) is 0 Å². The molecule has 180 valence electrons. The Morgan fingerprint density at radius 2 is 1.84 bits per heavy atom. The molecule has 8 nitrogen and oxygen atoms in total. The maximum atomic E-state index is 13.3. The number of amides is 1. The molecule has 0 radical (unpaired) electrons. The van der Waals surface area contributed by atoms with Gasteiger partial charge in [-0.2, -0.15) is 0 Å². The number of nitrogens with two attached hydrogens (primary N) is 1. The van der Waals surface area contributed by atoms with E-state index in [1.165, 1.54) is 0 Å². The summed E-state index contributed by atoms with van der Waals surface area (Å²) in [5.74, 6) is -2.47. The van der Waals surface area contributed by atoms with Crippen LogP contribution in [0.25, 0.3) is 0 Å². The fourth-order valence-corrected chi connectivity index (χ4v) is 5.98. The lowest BCUT2D eigenvalue weighted by Crippen LogP contribution is -2.43. The summed E-state index contributed by atoms with van der Waals surface area (Å²) < 4.78 is 18.6. The first-order valence-electron chi connectivity index (χ1n) is 11.5. The zero-order chi connectivity index (χ0) is 23.6. The van der Waals surface area contributed by atoms with Crippen molar-refractivity contribution in [1.29, 1.82) is 0 Å². The number of unbranched alkanes of at least 4 members (excludes halogenated alkanes) is 1. The molecule has 0 bridgehead atoms. The zero-order valence-electron chi connectivity index (χ0n) is 18.8. The lowest BCUT2D eigenvalue weighted by atomic mass is 9.83. The van der Waals surface area contributed by atoms with E-state index in [0.717, 1.165) is 18.4 Å². The Morgan fingerprint density at radius 1 is 1.19 bits per heavy atom. The molecule has 1 fully saturated rings. The molecular formula is C23H37N2O6P. The van der Waals surface area contributed by atoms with Gasteiger partial charge < -0.3 is 21.1 Å². The minimum atomic E-state index is -4.44. The first-order valence-corrected chi connectivity index (χ1v) is 13.1. The van der Waals surface area contributed by atoms with Crippen LogP contribution in [0.1, 0.15) is 63.9 Å². The van der Waals surface area contributed by atoms with Crippen molar-refractivity contribution in [3.05, 3.63) is 35.9 Å². The van der Waals surface area contributed by atoms with Gasteiger partial charge in [0.25, 0.3) is 0 Å². The van der Waals surface area contributed by atoms with Crippen LogP contribution in [-0.4, -0.2) is 40.3 Å². The number of rotatable bonds is 13. The van der Waals surface area contributed by atoms with E-state index in [0.29, 0.717) is 44.6 Å². The fourth-order valence-electron chi connectivity index (χ4n) is 4.15. The molecule has 0 aromatic heterocycles. The predicted octanol–water partition coefficient (Wildman–Crippen LogP) is 3.67. The first kappa shape index (κ1) is 26.5. The van der Waals surface area contributed by atoms with Gasteiger partial charge in [-0.25, -0.2) is 4.79 Å². The largest absolute Gasteiger partial charge is 0.479 e. The van der Waals surface area contributed by atoms with Crippen LogP contribution < -0.4 is 11.1 Å². The standard InChI is InChI=1S/C23H37N2O6P/c1-17-10-13-19(14-11-17)22(25-21(26)15-12-18-7-3-2-4-8-18)32(29,30)31-20(23(27)28)9-5-6-16-24/h2-4,7-8,17,19-20,22H,5-6,9-16,24H2,1H3,(H,25,26)(H,27,28)(H,29,30)/t17?,19?,20-,22?/m1/s1. The van der Waals surface area contributed by atoms with Crippen molar-refractivity contribution in [2.45, 2.75) is 76.6 Å². The van der Waals surface area contributed by atoms with Gasteiger partial charge in [-0.3, -0.25) is 13.9 Å². The molecule has 2 rings (SSSR count). The number of hydrogen-bond acceptors (Lipinski definition) is 5. The lowest BCUT2D eigenvalue weighted by molar-refractivity contribution is -0.145. The number of nitrogens with one attached hydrogen (secondary N) is 1. The van der Waals surface area contributed by atoms with Crippen LogP contribution >= 0.6 is 7.60 Å². The number of hydrogen-bond donors (Lipinski definition) is 4. The molecule has 1 aliphatic carbocycles. The molecule has 1 amide bonds. The minimum Gasteiger partial charge on any atom is -0.479 e. The molecule has 3 atom stereocenters. The molecule has 0 aliphatic heterocycles. The average molecular weight is 469 g/mol. The monoisotopic (exact) mass is 468 g/mol. The second-order valence-electron chi connectivity index (χ2n) is 8.80. The van der Waals surface area contributed by atoms with Crippen LogP contribution in [0.3, 0.4) is 0 Å². The third-order valence-corrected chi connectivity index (χ3v) is 7.94. The highest BCUT2D eigenvalue weighted by molar-refractivity contribution is 7.53. The Balaban J connectivity index is 2.10. The van der Waals surface area contributed by atoms with Crippen LogP contribution in [-0.2, 0) is 25.1 Å². The molecule has 5 N–H and O–H groups in total. The second kappa shape index (κ2) is 13.1. The highest BCUT2D eigenvalue weighted by Crippen LogP contribution is 2.53. The summed E-state index contributed by atoms with van der Waals surface area (Å²) in [5.41, 5.74) is 6.46. The van der Waals surface area contributed by atoms with E-state index in [4.69, 9.17) is 10.3 Å². The van der Waals surface area contributed by atoms with Gasteiger partial charge in [0.15, 0.2) is 6.10 Å². The van der Waals surface area contributed by atoms with Crippen LogP contribution in [0, 0.1) is 11.8 Å². The van der Waals surface area contributed by atoms with Gasteiger partial charge in [0, 0.05) is 6.42 Å². The minimum absolute atomic E-state index is 0.0907. The zero-order valence-corrected chi connectivity index (χ0v) is 19.7. The summed E-state index contributed by atoms with van der Waals surface area (Å²) in [6, 6.07) is 9.53. The SMILES string of the molecule is CC1CCC(C(NC(=O)CCc2ccccc2)P(=O)(O)O[C@H](CCCCN)C(=O)O)CC1. The molecular weight excluding hydrogens is 431 g/mol. The Morgan fingerprint density at radius 3 is 2.44 bits per heavy atom. The van der Waals surface area contributed by atoms with Crippen molar-refractivity contribution in [1.82, 2.24) is 5.32 Å². The van der Waals surface area contributed by atoms with Crippen molar-refractivity contribution in [3.8, 4) is 0 Å². The maximum Gasteiger partial charge on any atom is 0.351 e. The van der Waals surface area contributed by atoms with Gasteiger partial charge >= 0.3 is 13.6 Å². The highest BCUT2D eigenvalue weighted by atomic mass is 31.2. The summed E-state index contributed by atoms with van der Waals surface area (Å²) in [7, 11) is -4.44. The first-order chi connectivity index (χ1) is 15.2. The van der Waals surface area contributed by atoms with Crippen LogP contribution in [0.2, 0.25) is 0 Å². The van der Waals surface area contributed by atoms with Crippen molar-refractivity contribution in [2.24, 2.45) is 17.6 Å². The van der Waals surface area contributed by atoms with Crippen LogP contribution in [0.15, 0.2) is 30.3 Å².